The second-order valence-corrected chi connectivity index (χ2v) is 11.0. The number of rotatable bonds is 12. The van der Waals surface area contributed by atoms with Crippen LogP contribution in [0.1, 0.15) is 16.8 Å². The van der Waals surface area contributed by atoms with Gasteiger partial charge in [0.15, 0.2) is 5.75 Å². The van der Waals surface area contributed by atoms with Crippen LogP contribution in [0.3, 0.4) is 0 Å². The first-order valence-corrected chi connectivity index (χ1v) is 14.3. The van der Waals surface area contributed by atoms with Crippen LogP contribution < -0.4 is 19.9 Å². The lowest BCUT2D eigenvalue weighted by atomic mass is 10.2. The zero-order valence-electron chi connectivity index (χ0n) is 21.0. The smallest absolute Gasteiger partial charge is 0.295 e. The van der Waals surface area contributed by atoms with Crippen LogP contribution in [0.15, 0.2) is 96.4 Å². The number of amides is 2. The van der Waals surface area contributed by atoms with Crippen molar-refractivity contribution in [3.05, 3.63) is 107 Å². The molecule has 208 valence electrons. The van der Waals surface area contributed by atoms with Gasteiger partial charge in [-0.05, 0) is 61.0 Å². The summed E-state index contributed by atoms with van der Waals surface area (Å²) in [4.78, 5) is 34.2. The lowest BCUT2D eigenvalue weighted by Gasteiger charge is -2.24. The van der Waals surface area contributed by atoms with Crippen LogP contribution in [0.4, 0.5) is 5.69 Å². The van der Waals surface area contributed by atoms with Gasteiger partial charge < -0.3 is 20.0 Å². The molecule has 0 aliphatic heterocycles. The van der Waals surface area contributed by atoms with E-state index in [0.717, 1.165) is 4.47 Å². The van der Waals surface area contributed by atoms with E-state index in [2.05, 4.69) is 15.6 Å². The highest BCUT2D eigenvalue weighted by molar-refractivity contribution is 7.92. The molecule has 0 unspecified atom stereocenters. The Labute approximate surface area is 241 Å². The molecule has 0 radical (unpaired) electrons. The Hall–Kier alpha value is -4.06. The number of sulfonamides is 1. The summed E-state index contributed by atoms with van der Waals surface area (Å²) in [7, 11) is -4.26. The van der Waals surface area contributed by atoms with E-state index in [1.54, 1.807) is 42.9 Å². The zero-order chi connectivity index (χ0) is 28.5. The fraction of sp³-hybridized carbons (Fsp3) is 0.148. The number of benzene rings is 3. The van der Waals surface area contributed by atoms with Crippen molar-refractivity contribution in [3.8, 4) is 5.75 Å². The van der Waals surface area contributed by atoms with Gasteiger partial charge in [0.1, 0.15) is 0 Å². The van der Waals surface area contributed by atoms with Crippen LogP contribution in [0.2, 0.25) is 10.0 Å². The predicted molar refractivity (Wildman–Crippen MR) is 152 cm³/mol. The summed E-state index contributed by atoms with van der Waals surface area (Å²) >= 11 is 12.2. The first-order chi connectivity index (χ1) is 19.2. The summed E-state index contributed by atoms with van der Waals surface area (Å²) in [5.41, 5.74) is 0.408. The maximum absolute atomic E-state index is 13.6. The highest BCUT2D eigenvalue weighted by atomic mass is 35.5. The maximum Gasteiger partial charge on any atom is 0.295 e. The van der Waals surface area contributed by atoms with E-state index in [0.29, 0.717) is 24.5 Å². The van der Waals surface area contributed by atoms with Gasteiger partial charge in [-0.15, -0.1) is 0 Å². The van der Waals surface area contributed by atoms with E-state index in [-0.39, 0.29) is 39.4 Å². The Balaban J connectivity index is 1.39. The van der Waals surface area contributed by atoms with Gasteiger partial charge in [0.25, 0.3) is 15.9 Å². The molecule has 0 spiro atoms. The van der Waals surface area contributed by atoms with Crippen molar-refractivity contribution in [1.29, 1.82) is 0 Å². The van der Waals surface area contributed by atoms with Gasteiger partial charge in [-0.3, -0.25) is 9.59 Å². The molecular formula is C27H25Cl2N5O5S. The van der Waals surface area contributed by atoms with E-state index in [9.17, 15) is 18.0 Å². The van der Waals surface area contributed by atoms with Crippen LogP contribution in [-0.2, 0) is 21.4 Å². The Morgan fingerprint density at radius 1 is 0.975 bits per heavy atom. The Bertz CT molecular complexity index is 1550. The number of aryl methyl sites for hydroxylation is 1. The maximum atomic E-state index is 13.6. The molecule has 4 aromatic rings. The molecule has 0 atom stereocenters. The number of halogens is 2. The third-order valence-electron chi connectivity index (χ3n) is 5.56. The lowest BCUT2D eigenvalue weighted by Crippen LogP contribution is -2.37. The molecule has 0 bridgehead atoms. The summed E-state index contributed by atoms with van der Waals surface area (Å²) < 4.78 is 29.8. The van der Waals surface area contributed by atoms with Gasteiger partial charge in [0.2, 0.25) is 5.91 Å². The number of hydrogen-bond donors (Lipinski definition) is 2. The number of nitrogens with zero attached hydrogens (tertiary/aromatic N) is 3. The van der Waals surface area contributed by atoms with E-state index >= 15 is 0 Å². The number of para-hydroxylation sites is 1. The average molecular weight is 602 g/mol. The monoisotopic (exact) mass is 601 g/mol. The van der Waals surface area contributed by atoms with Gasteiger partial charge in [-0.2, -0.15) is 8.42 Å². The number of carbonyl (C=O) groups is 2. The van der Waals surface area contributed by atoms with Crippen LogP contribution in [0, 0.1) is 0 Å². The normalized spacial score (nSPS) is 11.1. The Morgan fingerprint density at radius 3 is 2.40 bits per heavy atom. The van der Waals surface area contributed by atoms with E-state index in [4.69, 9.17) is 28.0 Å². The molecule has 1 heterocycles. The summed E-state index contributed by atoms with van der Waals surface area (Å²) in [6, 6.07) is 17.9. The molecule has 0 saturated heterocycles. The highest BCUT2D eigenvalue weighted by Gasteiger charge is 2.28. The van der Waals surface area contributed by atoms with E-state index in [1.807, 2.05) is 10.8 Å². The van der Waals surface area contributed by atoms with Crippen molar-refractivity contribution < 1.29 is 22.8 Å². The predicted octanol–water partition coefficient (Wildman–Crippen LogP) is 4.32. The number of hydrogen-bond acceptors (Lipinski definition) is 6. The topological polar surface area (TPSA) is 123 Å². The largest absolute Gasteiger partial charge is 0.363 e. The quantitative estimate of drug-likeness (QED) is 0.184. The molecule has 0 aliphatic carbocycles. The molecule has 0 fully saturated rings. The number of anilines is 1. The SMILES string of the molecule is O=C(CNC(=O)c1ccc(S(=O)(=O)N(Oc2ccc(Cl)cc2Cl)c2ccccc2)cc1)NCCCn1ccnc1. The molecule has 10 nitrogen and oxygen atoms in total. The van der Waals surface area contributed by atoms with Crippen LogP contribution in [0.25, 0.3) is 0 Å². The number of carbonyl (C=O) groups excluding carboxylic acids is 2. The third kappa shape index (κ3) is 7.53. The number of imidazole rings is 1. The molecule has 1 aromatic heterocycles. The number of nitrogens with one attached hydrogen (secondary N) is 2. The molecule has 0 aliphatic rings. The summed E-state index contributed by atoms with van der Waals surface area (Å²) in [6.45, 7) is 0.934. The van der Waals surface area contributed by atoms with Gasteiger partial charge >= 0.3 is 0 Å². The molecule has 0 saturated carbocycles. The van der Waals surface area contributed by atoms with Crippen molar-refractivity contribution in [3.63, 3.8) is 0 Å². The standard InChI is InChI=1S/C27H25Cl2N5O5S/c28-21-9-12-25(24(29)17-21)39-34(22-5-2-1-3-6-22)40(37,38)23-10-7-20(8-11-23)27(36)32-18-26(35)31-13-4-15-33-16-14-30-19-33/h1-3,5-12,14,16-17,19H,4,13,15,18H2,(H,31,35)(H,32,36). The van der Waals surface area contributed by atoms with Gasteiger partial charge in [-0.25, -0.2) is 4.98 Å². The van der Waals surface area contributed by atoms with Gasteiger partial charge in [-0.1, -0.05) is 45.9 Å². The van der Waals surface area contributed by atoms with Crippen LogP contribution >= 0.6 is 23.2 Å². The fourth-order valence-electron chi connectivity index (χ4n) is 3.54. The molecule has 2 amide bonds. The molecule has 13 heteroatoms. The first kappa shape index (κ1) is 28.9. The van der Waals surface area contributed by atoms with Crippen molar-refractivity contribution >= 4 is 50.7 Å². The van der Waals surface area contributed by atoms with Crippen molar-refractivity contribution in [2.75, 3.05) is 17.6 Å². The molecule has 4 rings (SSSR count). The fourth-order valence-corrected chi connectivity index (χ4v) is 5.23. The minimum Gasteiger partial charge on any atom is -0.363 e. The third-order valence-corrected chi connectivity index (χ3v) is 7.68. The van der Waals surface area contributed by atoms with Crippen molar-refractivity contribution in [2.24, 2.45) is 0 Å². The Morgan fingerprint density at radius 2 is 1.73 bits per heavy atom. The van der Waals surface area contributed by atoms with Crippen LogP contribution in [0.5, 0.6) is 5.75 Å². The van der Waals surface area contributed by atoms with Gasteiger partial charge in [0, 0.05) is 36.1 Å². The van der Waals surface area contributed by atoms with E-state index in [1.165, 1.54) is 42.5 Å². The zero-order valence-corrected chi connectivity index (χ0v) is 23.4. The molecule has 40 heavy (non-hydrogen) atoms. The highest BCUT2D eigenvalue weighted by Crippen LogP contribution is 2.32. The minimum atomic E-state index is -4.26. The summed E-state index contributed by atoms with van der Waals surface area (Å²) in [5, 5.41) is 5.75. The molecular weight excluding hydrogens is 577 g/mol. The number of aromatic nitrogens is 2. The molecule has 2 N–H and O–H groups in total. The van der Waals surface area contributed by atoms with Crippen LogP contribution in [-0.4, -0.2) is 42.9 Å². The van der Waals surface area contributed by atoms with E-state index < -0.39 is 15.9 Å². The second kappa shape index (κ2) is 13.3. The lowest BCUT2D eigenvalue weighted by molar-refractivity contribution is -0.120. The average Bonchev–Trinajstić information content (AvgIpc) is 3.48. The second-order valence-electron chi connectivity index (χ2n) is 8.44. The first-order valence-electron chi connectivity index (χ1n) is 12.1. The van der Waals surface area contributed by atoms with Gasteiger partial charge in [0.05, 0.1) is 28.5 Å². The molecule has 3 aromatic carbocycles. The Kier molecular flexibility index (Phi) is 9.65. The van der Waals surface area contributed by atoms with Crippen molar-refractivity contribution in [2.45, 2.75) is 17.9 Å². The van der Waals surface area contributed by atoms with Crippen molar-refractivity contribution in [1.82, 2.24) is 20.2 Å². The summed E-state index contributed by atoms with van der Waals surface area (Å²) in [6.07, 6.45) is 5.92. The summed E-state index contributed by atoms with van der Waals surface area (Å²) in [5.74, 6) is -0.786. The minimum absolute atomic E-state index is 0.0782.